The van der Waals surface area contributed by atoms with Crippen molar-refractivity contribution >= 4 is 29.2 Å². The van der Waals surface area contributed by atoms with Gasteiger partial charge in [0.05, 0.1) is 21.3 Å². The molecule has 0 atom stereocenters. The summed E-state index contributed by atoms with van der Waals surface area (Å²) in [5.74, 6) is 0. The Morgan fingerprint density at radius 1 is 0.600 bits per heavy atom. The zero-order valence-electron chi connectivity index (χ0n) is 15.1. The second kappa shape index (κ2) is 7.28. The van der Waals surface area contributed by atoms with Gasteiger partial charge in [0.2, 0.25) is 0 Å². The van der Waals surface area contributed by atoms with Gasteiger partial charge in [0.1, 0.15) is 0 Å². The molecule has 3 aromatic carbocycles. The molecule has 3 rings (SSSR count). The van der Waals surface area contributed by atoms with E-state index in [2.05, 4.69) is 118 Å². The van der Waals surface area contributed by atoms with E-state index in [0.717, 1.165) is 0 Å². The van der Waals surface area contributed by atoms with Crippen LogP contribution >= 0.6 is 7.05 Å². The molecule has 0 aromatic heterocycles. The summed E-state index contributed by atoms with van der Waals surface area (Å²) in [5.41, 5.74) is 0.0313. The summed E-state index contributed by atoms with van der Waals surface area (Å²) in [6, 6.07) is 32.2. The van der Waals surface area contributed by atoms with Crippen LogP contribution in [-0.4, -0.2) is 6.21 Å². The molecule has 0 unspecified atom stereocenters. The molecule has 0 radical (unpaired) electrons. The molecule has 0 fully saturated rings. The highest BCUT2D eigenvalue weighted by Gasteiger charge is 2.37. The maximum Gasteiger partial charge on any atom is 0.307 e. The first-order valence-corrected chi connectivity index (χ1v) is 10.4. The monoisotopic (exact) mass is 346 g/mol. The Bertz CT molecular complexity index is 797. The van der Waals surface area contributed by atoms with Gasteiger partial charge in [-0.25, -0.2) is 0 Å². The number of nitrogens with zero attached hydrogens (tertiary/aromatic N) is 1. The molecule has 126 valence electrons. The molecule has 1 nitrogen and oxygen atoms in total. The third kappa shape index (κ3) is 3.85. The number of hydrogen-bond donors (Lipinski definition) is 0. The normalized spacial score (nSPS) is 11.6. The molecule has 0 saturated heterocycles. The Morgan fingerprint density at radius 3 is 1.20 bits per heavy atom. The van der Waals surface area contributed by atoms with Gasteiger partial charge in [-0.2, -0.15) is 0 Å². The highest BCUT2D eigenvalue weighted by molar-refractivity contribution is 7.87. The van der Waals surface area contributed by atoms with Crippen LogP contribution in [0.15, 0.2) is 91.0 Å². The predicted molar refractivity (Wildman–Crippen MR) is 113 cm³/mol. The lowest BCUT2D eigenvalue weighted by molar-refractivity contribution is 0.607. The van der Waals surface area contributed by atoms with Crippen LogP contribution < -0.4 is 20.3 Å². The fourth-order valence-corrected chi connectivity index (χ4v) is 6.46. The van der Waals surface area contributed by atoms with Crippen LogP contribution in [-0.2, 0) is 0 Å². The summed E-state index contributed by atoms with van der Waals surface area (Å²) >= 11 is 0. The summed E-state index contributed by atoms with van der Waals surface area (Å²) in [6.45, 7) is 6.60. The molecule has 25 heavy (non-hydrogen) atoms. The van der Waals surface area contributed by atoms with Crippen LogP contribution in [0, 0.1) is 5.41 Å². The molecular weight excluding hydrogens is 321 g/mol. The molecule has 0 aliphatic heterocycles. The number of hydrogen-bond acceptors (Lipinski definition) is 0. The minimum absolute atomic E-state index is 0.0313. The third-order valence-electron chi connectivity index (χ3n) is 4.01. The lowest BCUT2D eigenvalue weighted by Crippen LogP contribution is -2.27. The maximum atomic E-state index is 5.32. The van der Waals surface area contributed by atoms with E-state index < -0.39 is 7.05 Å². The fraction of sp³-hybridized carbons (Fsp3) is 0.174. The lowest BCUT2D eigenvalue weighted by atomic mass is 10.00. The van der Waals surface area contributed by atoms with E-state index in [9.17, 15) is 0 Å². The average molecular weight is 346 g/mol. The van der Waals surface area contributed by atoms with Crippen molar-refractivity contribution in [3.8, 4) is 0 Å². The number of benzene rings is 3. The molecule has 0 N–H and O–H groups in total. The molecule has 0 aliphatic carbocycles. The first kappa shape index (κ1) is 17.5. The molecule has 0 bridgehead atoms. The predicted octanol–water partition coefficient (Wildman–Crippen LogP) is 4.35. The molecular formula is C23H25NP+. The second-order valence-electron chi connectivity index (χ2n) is 7.25. The average Bonchev–Trinajstić information content (AvgIpc) is 2.64. The van der Waals surface area contributed by atoms with Gasteiger partial charge in [-0.15, -0.1) is 4.42 Å². The van der Waals surface area contributed by atoms with E-state index in [1.165, 1.54) is 15.9 Å². The zero-order chi connectivity index (χ0) is 17.8. The SMILES string of the molecule is CC(C)(C)C=[N+]=P(c1ccccc1)(c1ccccc1)c1ccccc1. The van der Waals surface area contributed by atoms with Crippen molar-refractivity contribution < 1.29 is 0 Å². The minimum atomic E-state index is -2.08. The van der Waals surface area contributed by atoms with Crippen LogP contribution in [0.2, 0.25) is 0 Å². The topological polar surface area (TPSA) is 14.1 Å². The van der Waals surface area contributed by atoms with Crippen LogP contribution in [0.1, 0.15) is 20.8 Å². The van der Waals surface area contributed by atoms with E-state index in [4.69, 9.17) is 4.42 Å². The van der Waals surface area contributed by atoms with Gasteiger partial charge >= 0.3 is 7.05 Å². The van der Waals surface area contributed by atoms with E-state index >= 15 is 0 Å². The van der Waals surface area contributed by atoms with Gasteiger partial charge in [-0.05, 0) is 57.2 Å². The summed E-state index contributed by atoms with van der Waals surface area (Å²) in [4.78, 5) is 0. The van der Waals surface area contributed by atoms with Crippen LogP contribution in [0.5, 0.6) is 0 Å². The molecule has 0 aliphatic rings. The van der Waals surface area contributed by atoms with Crippen LogP contribution in [0.4, 0.5) is 0 Å². The fourth-order valence-electron chi connectivity index (χ4n) is 2.84. The first-order valence-electron chi connectivity index (χ1n) is 8.65. The van der Waals surface area contributed by atoms with Crippen molar-refractivity contribution in [2.75, 3.05) is 0 Å². The first-order chi connectivity index (χ1) is 12.0. The smallest absolute Gasteiger partial charge is 0.129 e. The van der Waals surface area contributed by atoms with Crippen molar-refractivity contribution in [2.24, 2.45) is 5.41 Å². The Morgan fingerprint density at radius 2 is 0.920 bits per heavy atom. The highest BCUT2D eigenvalue weighted by atomic mass is 31.2. The van der Waals surface area contributed by atoms with Crippen LogP contribution in [0.25, 0.3) is 0 Å². The third-order valence-corrected chi connectivity index (χ3v) is 7.61. The molecule has 0 spiro atoms. The zero-order valence-corrected chi connectivity index (χ0v) is 16.0. The maximum absolute atomic E-state index is 5.32. The Hall–Kier alpha value is -2.33. The number of rotatable bonds is 3. The Balaban J connectivity index is 2.48. The van der Waals surface area contributed by atoms with Crippen molar-refractivity contribution in [3.63, 3.8) is 0 Å². The van der Waals surface area contributed by atoms with Gasteiger partial charge in [0.15, 0.2) is 0 Å². The van der Waals surface area contributed by atoms with Crippen LogP contribution in [0.3, 0.4) is 0 Å². The van der Waals surface area contributed by atoms with Crippen molar-refractivity contribution in [1.82, 2.24) is 4.42 Å². The largest absolute Gasteiger partial charge is 0.307 e. The van der Waals surface area contributed by atoms with E-state index in [-0.39, 0.29) is 5.41 Å². The van der Waals surface area contributed by atoms with E-state index in [1.54, 1.807) is 0 Å². The summed E-state index contributed by atoms with van der Waals surface area (Å²) in [7, 11) is -2.08. The molecule has 0 heterocycles. The lowest BCUT2D eigenvalue weighted by Gasteiger charge is -2.15. The van der Waals surface area contributed by atoms with Gasteiger partial charge in [0.25, 0.3) is 6.21 Å². The van der Waals surface area contributed by atoms with Crippen molar-refractivity contribution in [1.29, 1.82) is 0 Å². The standard InChI is InChI=1S/C23H25NP/c1-23(2,3)19-24-25(20-13-7-4-8-14-20,21-15-9-5-10-16-21)22-17-11-6-12-18-22/h4-19H,1-3H3/q+1. The Kier molecular flexibility index (Phi) is 5.09. The summed E-state index contributed by atoms with van der Waals surface area (Å²) < 4.78 is 5.32. The van der Waals surface area contributed by atoms with Crippen molar-refractivity contribution in [2.45, 2.75) is 20.8 Å². The molecule has 3 aromatic rings. The van der Waals surface area contributed by atoms with Gasteiger partial charge < -0.3 is 0 Å². The quantitative estimate of drug-likeness (QED) is 0.380. The van der Waals surface area contributed by atoms with E-state index in [1.807, 2.05) is 0 Å². The van der Waals surface area contributed by atoms with Crippen molar-refractivity contribution in [3.05, 3.63) is 91.0 Å². The van der Waals surface area contributed by atoms with E-state index in [0.29, 0.717) is 0 Å². The van der Waals surface area contributed by atoms with Gasteiger partial charge in [-0.3, -0.25) is 0 Å². The summed E-state index contributed by atoms with van der Waals surface area (Å²) in [5, 5.41) is 3.86. The molecule has 0 amide bonds. The second-order valence-corrected chi connectivity index (χ2v) is 10.3. The van der Waals surface area contributed by atoms with Gasteiger partial charge in [0, 0.05) is 0 Å². The molecule has 2 heteroatoms. The Labute approximate surface area is 151 Å². The summed E-state index contributed by atoms with van der Waals surface area (Å²) in [6.07, 6.45) is 2.13. The highest BCUT2D eigenvalue weighted by Crippen LogP contribution is 2.41. The molecule has 0 saturated carbocycles. The van der Waals surface area contributed by atoms with Gasteiger partial charge in [-0.1, -0.05) is 54.6 Å². The minimum Gasteiger partial charge on any atom is -0.129 e.